The van der Waals surface area contributed by atoms with E-state index in [1.54, 1.807) is 0 Å². The van der Waals surface area contributed by atoms with Gasteiger partial charge in [0, 0.05) is 17.7 Å². The lowest BCUT2D eigenvalue weighted by Crippen LogP contribution is -2.17. The molecule has 1 aromatic carbocycles. The number of rotatable bonds is 4. The van der Waals surface area contributed by atoms with E-state index >= 15 is 0 Å². The molecular weight excluding hydrogens is 326 g/mol. The molecule has 1 amide bonds. The molecule has 0 spiro atoms. The van der Waals surface area contributed by atoms with E-state index < -0.39 is 0 Å². The highest BCUT2D eigenvalue weighted by atomic mass is 16.5. The van der Waals surface area contributed by atoms with Gasteiger partial charge in [-0.2, -0.15) is 0 Å². The molecule has 1 unspecified atom stereocenters. The Kier molecular flexibility index (Phi) is 3.90. The van der Waals surface area contributed by atoms with E-state index in [1.807, 2.05) is 25.1 Å². The van der Waals surface area contributed by atoms with Crippen molar-refractivity contribution >= 4 is 17.5 Å². The van der Waals surface area contributed by atoms with Crippen LogP contribution in [0.2, 0.25) is 0 Å². The van der Waals surface area contributed by atoms with E-state index in [-0.39, 0.29) is 17.6 Å². The van der Waals surface area contributed by atoms with Gasteiger partial charge in [-0.05, 0) is 45.2 Å². The topological polar surface area (TPSA) is 66.5 Å². The van der Waals surface area contributed by atoms with Gasteiger partial charge in [0.05, 0.1) is 23.0 Å². The van der Waals surface area contributed by atoms with Crippen molar-refractivity contribution in [2.45, 2.75) is 58.6 Å². The zero-order chi connectivity index (χ0) is 18.5. The summed E-state index contributed by atoms with van der Waals surface area (Å²) in [5.41, 5.74) is 5.54. The van der Waals surface area contributed by atoms with E-state index in [2.05, 4.69) is 37.1 Å². The molecule has 2 aromatic rings. The minimum Gasteiger partial charge on any atom is -0.474 e. The van der Waals surface area contributed by atoms with Crippen LogP contribution < -0.4 is 5.32 Å². The molecule has 4 rings (SSSR count). The second kappa shape index (κ2) is 6.01. The molecule has 1 fully saturated rings. The third-order valence-corrected chi connectivity index (χ3v) is 5.26. The number of H-pyrrole nitrogens is 1. The molecule has 2 aliphatic rings. The first-order valence-electron chi connectivity index (χ1n) is 9.30. The number of amides is 1. The lowest BCUT2D eigenvalue weighted by molar-refractivity contribution is 0.0958. The molecule has 0 saturated heterocycles. The Morgan fingerprint density at radius 3 is 2.77 bits per heavy atom. The summed E-state index contributed by atoms with van der Waals surface area (Å²) in [5, 5.41) is 2.92. The molecule has 2 N–H and O–H groups in total. The van der Waals surface area contributed by atoms with Crippen molar-refractivity contribution in [3.63, 3.8) is 0 Å². The van der Waals surface area contributed by atoms with Crippen LogP contribution in [0.1, 0.15) is 67.7 Å². The molecule has 1 aliphatic carbocycles. The number of aliphatic imine (C=N–C) groups is 1. The highest BCUT2D eigenvalue weighted by Gasteiger charge is 2.40. The Hall–Kier alpha value is -2.56. The lowest BCUT2D eigenvalue weighted by atomic mass is 10.1. The minimum absolute atomic E-state index is 0.00682. The van der Waals surface area contributed by atoms with Crippen LogP contribution in [0.4, 0.5) is 5.69 Å². The number of carbonyl (C=O) groups excluding carboxylic acids is 1. The minimum atomic E-state index is -0.0428. The number of para-hydroxylation sites is 1. The van der Waals surface area contributed by atoms with E-state index in [4.69, 9.17) is 9.73 Å². The maximum absolute atomic E-state index is 12.1. The van der Waals surface area contributed by atoms with Crippen molar-refractivity contribution in [3.8, 4) is 11.3 Å². The zero-order valence-electron chi connectivity index (χ0n) is 15.8. The van der Waals surface area contributed by atoms with E-state index in [0.29, 0.717) is 0 Å². The summed E-state index contributed by atoms with van der Waals surface area (Å²) in [7, 11) is 0. The Labute approximate surface area is 153 Å². The first-order valence-corrected chi connectivity index (χ1v) is 9.30. The molecule has 1 saturated carbocycles. The van der Waals surface area contributed by atoms with Gasteiger partial charge in [-0.3, -0.25) is 4.79 Å². The fraction of sp³-hybridized carbons (Fsp3) is 0.429. The van der Waals surface area contributed by atoms with Crippen LogP contribution in [0.25, 0.3) is 11.3 Å². The number of hydrogen-bond donors (Lipinski definition) is 2. The molecular formula is C21H25N3O2. The van der Waals surface area contributed by atoms with Crippen molar-refractivity contribution in [3.05, 3.63) is 41.1 Å². The number of ether oxygens (including phenoxy) is 1. The van der Waals surface area contributed by atoms with E-state index in [9.17, 15) is 4.79 Å². The average molecular weight is 351 g/mol. The van der Waals surface area contributed by atoms with Crippen LogP contribution in [0.5, 0.6) is 0 Å². The highest BCUT2D eigenvalue weighted by Crippen LogP contribution is 2.41. The smallest absolute Gasteiger partial charge is 0.253 e. The number of aryl methyl sites for hydroxylation is 1. The van der Waals surface area contributed by atoms with Gasteiger partial charge in [0.1, 0.15) is 5.60 Å². The Balaban J connectivity index is 1.76. The largest absolute Gasteiger partial charge is 0.474 e. The van der Waals surface area contributed by atoms with Gasteiger partial charge < -0.3 is 15.0 Å². The predicted molar refractivity (Wildman–Crippen MR) is 103 cm³/mol. The second-order valence-electron chi connectivity index (χ2n) is 7.59. The van der Waals surface area contributed by atoms with Crippen molar-refractivity contribution in [2.75, 3.05) is 0 Å². The maximum Gasteiger partial charge on any atom is 0.253 e. The number of carbonyl (C=O) groups is 1. The summed E-state index contributed by atoms with van der Waals surface area (Å²) in [6, 6.07) is 8.05. The molecule has 136 valence electrons. The van der Waals surface area contributed by atoms with Crippen molar-refractivity contribution < 1.29 is 9.53 Å². The first-order chi connectivity index (χ1) is 12.4. The fourth-order valence-electron chi connectivity index (χ4n) is 3.38. The van der Waals surface area contributed by atoms with Gasteiger partial charge in [-0.1, -0.05) is 25.1 Å². The maximum atomic E-state index is 12.1. The predicted octanol–water partition coefficient (Wildman–Crippen LogP) is 4.80. The third kappa shape index (κ3) is 2.91. The SMILES string of the molecule is CCC(=Nc1c(C)cccc1-c1cc2c([nH]1)C(C)NC2=O)OC1(C)CC1. The van der Waals surface area contributed by atoms with Crippen molar-refractivity contribution in [2.24, 2.45) is 4.99 Å². The monoisotopic (exact) mass is 351 g/mol. The van der Waals surface area contributed by atoms with Crippen LogP contribution in [-0.2, 0) is 4.74 Å². The van der Waals surface area contributed by atoms with Crippen LogP contribution in [0.15, 0.2) is 29.3 Å². The first kappa shape index (κ1) is 16.9. The standard InChI is InChI=1S/C21H25N3O2/c1-5-17(26-21(4)9-10-21)24-18-12(2)7-6-8-14(18)16-11-15-19(23-16)13(3)22-20(15)25/h6-8,11,13,23H,5,9-10H2,1-4H3,(H,22,25). The average Bonchev–Trinajstić information content (AvgIpc) is 3.05. The van der Waals surface area contributed by atoms with Gasteiger partial charge in [0.15, 0.2) is 5.90 Å². The number of aromatic nitrogens is 1. The van der Waals surface area contributed by atoms with Crippen LogP contribution in [0, 0.1) is 6.92 Å². The molecule has 26 heavy (non-hydrogen) atoms. The Morgan fingerprint density at radius 2 is 2.12 bits per heavy atom. The lowest BCUT2D eigenvalue weighted by Gasteiger charge is -2.15. The van der Waals surface area contributed by atoms with Gasteiger partial charge >= 0.3 is 0 Å². The van der Waals surface area contributed by atoms with Gasteiger partial charge in [-0.15, -0.1) is 0 Å². The zero-order valence-corrected chi connectivity index (χ0v) is 15.8. The number of fused-ring (bicyclic) bond motifs is 1. The third-order valence-electron chi connectivity index (χ3n) is 5.26. The summed E-state index contributed by atoms with van der Waals surface area (Å²) in [6.07, 6.45) is 2.93. The molecule has 1 atom stereocenters. The number of benzene rings is 1. The Bertz CT molecular complexity index is 906. The van der Waals surface area contributed by atoms with Crippen molar-refractivity contribution in [1.29, 1.82) is 0 Å². The van der Waals surface area contributed by atoms with E-state index in [0.717, 1.165) is 58.9 Å². The van der Waals surface area contributed by atoms with E-state index in [1.165, 1.54) is 0 Å². The van der Waals surface area contributed by atoms with Crippen LogP contribution >= 0.6 is 0 Å². The quantitative estimate of drug-likeness (QED) is 0.613. The van der Waals surface area contributed by atoms with Gasteiger partial charge in [-0.25, -0.2) is 4.99 Å². The Morgan fingerprint density at radius 1 is 1.35 bits per heavy atom. The number of nitrogens with zero attached hydrogens (tertiary/aromatic N) is 1. The molecule has 5 nitrogen and oxygen atoms in total. The summed E-state index contributed by atoms with van der Waals surface area (Å²) in [4.78, 5) is 20.4. The summed E-state index contributed by atoms with van der Waals surface area (Å²) < 4.78 is 6.12. The fourth-order valence-corrected chi connectivity index (χ4v) is 3.38. The summed E-state index contributed by atoms with van der Waals surface area (Å²) in [6.45, 7) is 8.24. The second-order valence-corrected chi connectivity index (χ2v) is 7.59. The normalized spacial score (nSPS) is 20.7. The number of aromatic amines is 1. The molecule has 1 aromatic heterocycles. The molecule has 2 heterocycles. The molecule has 0 bridgehead atoms. The van der Waals surface area contributed by atoms with Gasteiger partial charge in [0.25, 0.3) is 5.91 Å². The number of nitrogens with one attached hydrogen (secondary N) is 2. The van der Waals surface area contributed by atoms with Gasteiger partial charge in [0.2, 0.25) is 0 Å². The van der Waals surface area contributed by atoms with Crippen LogP contribution in [0.3, 0.4) is 0 Å². The summed E-state index contributed by atoms with van der Waals surface area (Å²) >= 11 is 0. The molecule has 0 radical (unpaired) electrons. The highest BCUT2D eigenvalue weighted by molar-refractivity contribution is 6.00. The molecule has 5 heteroatoms. The summed E-state index contributed by atoms with van der Waals surface area (Å²) in [5.74, 6) is 0.748. The number of hydrogen-bond acceptors (Lipinski definition) is 3. The van der Waals surface area contributed by atoms with Crippen LogP contribution in [-0.4, -0.2) is 22.4 Å². The molecule has 1 aliphatic heterocycles. The van der Waals surface area contributed by atoms with Crippen molar-refractivity contribution in [1.82, 2.24) is 10.3 Å².